The predicted octanol–water partition coefficient (Wildman–Crippen LogP) is 2.41. The van der Waals surface area contributed by atoms with Crippen molar-refractivity contribution in [3.8, 4) is 5.88 Å². The van der Waals surface area contributed by atoms with Crippen molar-refractivity contribution in [2.45, 2.75) is 13.1 Å². The molecule has 0 saturated carbocycles. The van der Waals surface area contributed by atoms with Crippen LogP contribution in [-0.4, -0.2) is 48.1 Å². The number of nitrogens with two attached hydrogens (primary N) is 1. The van der Waals surface area contributed by atoms with Crippen LogP contribution in [-0.2, 0) is 13.1 Å². The van der Waals surface area contributed by atoms with Gasteiger partial charge in [-0.05, 0) is 40.2 Å². The molecule has 0 aliphatic rings. The second-order valence-electron chi connectivity index (χ2n) is 6.52. The van der Waals surface area contributed by atoms with E-state index in [-0.39, 0.29) is 19.0 Å². The number of rotatable bonds is 6. The van der Waals surface area contributed by atoms with E-state index in [1.54, 1.807) is 47.6 Å². The molecule has 0 atom stereocenters. The van der Waals surface area contributed by atoms with E-state index in [0.717, 1.165) is 0 Å². The van der Waals surface area contributed by atoms with Gasteiger partial charge in [0.25, 0.3) is 5.91 Å². The van der Waals surface area contributed by atoms with Crippen LogP contribution in [0.15, 0.2) is 53.4 Å². The molecule has 31 heavy (non-hydrogen) atoms. The first-order valence-electron chi connectivity index (χ1n) is 9.17. The number of nitrogens with zero attached hydrogens (tertiary/aromatic N) is 7. The van der Waals surface area contributed by atoms with Gasteiger partial charge < -0.3 is 15.4 Å². The molecule has 0 aliphatic carbocycles. The second kappa shape index (κ2) is 8.96. The van der Waals surface area contributed by atoms with Crippen LogP contribution in [0.25, 0.3) is 11.0 Å². The van der Waals surface area contributed by atoms with Gasteiger partial charge in [0.2, 0.25) is 5.88 Å². The van der Waals surface area contributed by atoms with Crippen molar-refractivity contribution in [2.75, 3.05) is 12.8 Å². The maximum atomic E-state index is 13.4. The Hall–Kier alpha value is -3.73. The number of fused-ring (bicyclic) bond motifs is 1. The highest BCUT2D eigenvalue weighted by atomic mass is 79.9. The number of hydrogen-bond acceptors (Lipinski definition) is 9. The number of aromatic nitrogens is 6. The number of ether oxygens (including phenoxy) is 1. The first kappa shape index (κ1) is 20.5. The van der Waals surface area contributed by atoms with Crippen molar-refractivity contribution < 1.29 is 9.53 Å². The Morgan fingerprint density at radius 1 is 1.13 bits per heavy atom. The zero-order valence-corrected chi connectivity index (χ0v) is 18.0. The van der Waals surface area contributed by atoms with Gasteiger partial charge in [-0.25, -0.2) is 19.9 Å². The lowest BCUT2D eigenvalue weighted by Crippen LogP contribution is -2.31. The topological polar surface area (TPSA) is 133 Å². The van der Waals surface area contributed by atoms with Crippen LogP contribution < -0.4 is 10.5 Å². The first-order valence-corrected chi connectivity index (χ1v) is 9.96. The van der Waals surface area contributed by atoms with Crippen molar-refractivity contribution in [2.24, 2.45) is 0 Å². The SMILES string of the molecule is COc1ccc(CN(Cc2ncccn2)C(=O)c2cnc3nc(N)c(Br)cc3c2)nn1. The monoisotopic (exact) mass is 480 g/mol. The summed E-state index contributed by atoms with van der Waals surface area (Å²) in [4.78, 5) is 31.9. The molecule has 0 radical (unpaired) electrons. The molecule has 4 aromatic rings. The van der Waals surface area contributed by atoms with E-state index in [1.165, 1.54) is 13.3 Å². The molecule has 4 rings (SSSR count). The van der Waals surface area contributed by atoms with Gasteiger partial charge in [0.05, 0.1) is 35.9 Å². The van der Waals surface area contributed by atoms with Gasteiger partial charge in [-0.3, -0.25) is 4.79 Å². The molecule has 4 heterocycles. The summed E-state index contributed by atoms with van der Waals surface area (Å²) in [6, 6.07) is 8.66. The Bertz CT molecular complexity index is 1220. The molecular formula is C20H17BrN8O2. The van der Waals surface area contributed by atoms with E-state index in [2.05, 4.69) is 46.1 Å². The fraction of sp³-hybridized carbons (Fsp3) is 0.150. The number of nitrogen functional groups attached to an aromatic ring is 1. The number of hydrogen-bond donors (Lipinski definition) is 1. The Morgan fingerprint density at radius 2 is 1.94 bits per heavy atom. The standard InChI is InChI=1S/C20H17BrN8O2/c1-31-17-4-3-14(27-28-17)10-29(11-16-23-5-2-6-24-16)20(30)13-7-12-8-15(21)18(22)26-19(12)25-9-13/h2-9H,10-11H2,1H3,(H2,22,25,26). The smallest absolute Gasteiger partial charge is 0.256 e. The zero-order chi connectivity index (χ0) is 21.8. The Labute approximate surface area is 185 Å². The van der Waals surface area contributed by atoms with Crippen LogP contribution in [0.1, 0.15) is 21.9 Å². The molecule has 0 unspecified atom stereocenters. The summed E-state index contributed by atoms with van der Waals surface area (Å²) >= 11 is 3.35. The van der Waals surface area contributed by atoms with E-state index in [1.807, 2.05) is 0 Å². The fourth-order valence-electron chi connectivity index (χ4n) is 2.87. The van der Waals surface area contributed by atoms with Crippen molar-refractivity contribution >= 4 is 38.7 Å². The van der Waals surface area contributed by atoms with E-state index in [9.17, 15) is 4.79 Å². The van der Waals surface area contributed by atoms with Crippen LogP contribution in [0, 0.1) is 0 Å². The summed E-state index contributed by atoms with van der Waals surface area (Å²) < 4.78 is 5.68. The molecular weight excluding hydrogens is 464 g/mol. The molecule has 0 aliphatic heterocycles. The maximum absolute atomic E-state index is 13.4. The van der Waals surface area contributed by atoms with Gasteiger partial charge in [-0.1, -0.05) is 0 Å². The third-order valence-electron chi connectivity index (χ3n) is 4.39. The van der Waals surface area contributed by atoms with Crippen molar-refractivity contribution in [3.05, 3.63) is 70.5 Å². The highest BCUT2D eigenvalue weighted by Gasteiger charge is 2.20. The molecule has 4 aromatic heterocycles. The minimum atomic E-state index is -0.257. The molecule has 2 N–H and O–H groups in total. The number of anilines is 1. The Balaban J connectivity index is 1.66. The highest BCUT2D eigenvalue weighted by molar-refractivity contribution is 9.10. The molecule has 156 valence electrons. The van der Waals surface area contributed by atoms with E-state index in [0.29, 0.717) is 44.3 Å². The number of carbonyl (C=O) groups excluding carboxylic acids is 1. The lowest BCUT2D eigenvalue weighted by Gasteiger charge is -2.21. The summed E-state index contributed by atoms with van der Waals surface area (Å²) in [5.41, 5.74) is 7.26. The largest absolute Gasteiger partial charge is 0.480 e. The first-order chi connectivity index (χ1) is 15.0. The minimum absolute atomic E-state index is 0.190. The number of carbonyl (C=O) groups is 1. The van der Waals surface area contributed by atoms with E-state index >= 15 is 0 Å². The summed E-state index contributed by atoms with van der Waals surface area (Å²) in [5.74, 6) is 0.972. The lowest BCUT2D eigenvalue weighted by atomic mass is 10.2. The summed E-state index contributed by atoms with van der Waals surface area (Å²) in [6.45, 7) is 0.394. The third-order valence-corrected chi connectivity index (χ3v) is 5.03. The molecule has 0 saturated heterocycles. The lowest BCUT2D eigenvalue weighted by molar-refractivity contribution is 0.0722. The highest BCUT2D eigenvalue weighted by Crippen LogP contribution is 2.23. The molecule has 0 aromatic carbocycles. The summed E-state index contributed by atoms with van der Waals surface area (Å²) in [5, 5.41) is 8.78. The third kappa shape index (κ3) is 4.72. The van der Waals surface area contributed by atoms with Crippen LogP contribution in [0.2, 0.25) is 0 Å². The minimum Gasteiger partial charge on any atom is -0.480 e. The van der Waals surface area contributed by atoms with Gasteiger partial charge in [0.1, 0.15) is 11.6 Å². The Morgan fingerprint density at radius 3 is 2.65 bits per heavy atom. The molecule has 10 nitrogen and oxygen atoms in total. The normalized spacial score (nSPS) is 10.8. The molecule has 0 bridgehead atoms. The number of methoxy groups -OCH3 is 1. The number of halogens is 1. The van der Waals surface area contributed by atoms with Crippen molar-refractivity contribution in [1.29, 1.82) is 0 Å². The van der Waals surface area contributed by atoms with Crippen LogP contribution in [0.3, 0.4) is 0 Å². The van der Waals surface area contributed by atoms with Crippen LogP contribution in [0.4, 0.5) is 5.82 Å². The average molecular weight is 481 g/mol. The molecule has 0 fully saturated rings. The number of amides is 1. The molecule has 0 spiro atoms. The van der Waals surface area contributed by atoms with Gasteiger partial charge in [0, 0.05) is 30.0 Å². The predicted molar refractivity (Wildman–Crippen MR) is 116 cm³/mol. The van der Waals surface area contributed by atoms with Crippen LogP contribution in [0.5, 0.6) is 5.88 Å². The maximum Gasteiger partial charge on any atom is 0.256 e. The molecule has 11 heteroatoms. The molecule has 1 amide bonds. The van der Waals surface area contributed by atoms with E-state index < -0.39 is 0 Å². The second-order valence-corrected chi connectivity index (χ2v) is 7.37. The quantitative estimate of drug-likeness (QED) is 0.441. The van der Waals surface area contributed by atoms with Gasteiger partial charge in [-0.2, -0.15) is 5.10 Å². The summed E-state index contributed by atoms with van der Waals surface area (Å²) in [7, 11) is 1.51. The van der Waals surface area contributed by atoms with E-state index in [4.69, 9.17) is 10.5 Å². The van der Waals surface area contributed by atoms with Gasteiger partial charge >= 0.3 is 0 Å². The van der Waals surface area contributed by atoms with Crippen LogP contribution >= 0.6 is 15.9 Å². The zero-order valence-electron chi connectivity index (χ0n) is 16.4. The van der Waals surface area contributed by atoms with Gasteiger partial charge in [0.15, 0.2) is 5.65 Å². The summed E-state index contributed by atoms with van der Waals surface area (Å²) in [6.07, 6.45) is 4.73. The van der Waals surface area contributed by atoms with Crippen molar-refractivity contribution in [1.82, 2.24) is 35.0 Å². The average Bonchev–Trinajstić information content (AvgIpc) is 2.80. The van der Waals surface area contributed by atoms with Crippen molar-refractivity contribution in [3.63, 3.8) is 0 Å². The fourth-order valence-corrected chi connectivity index (χ4v) is 3.21. The van der Waals surface area contributed by atoms with Gasteiger partial charge in [-0.15, -0.1) is 5.10 Å². The number of pyridine rings is 2. The Kier molecular flexibility index (Phi) is 5.94.